The molecule has 1 saturated heterocycles. The topological polar surface area (TPSA) is 67.6 Å². The van der Waals surface area contributed by atoms with Crippen molar-refractivity contribution < 1.29 is 9.53 Å². The van der Waals surface area contributed by atoms with E-state index in [0.29, 0.717) is 12.5 Å². The number of likely N-dealkylation sites (N-methyl/N-ethyl adjacent to an activating group) is 1. The highest BCUT2D eigenvalue weighted by Crippen LogP contribution is 2.16. The number of hydrogen-bond donors (Lipinski definition) is 2. The molecule has 1 atom stereocenters. The second-order valence-electron chi connectivity index (χ2n) is 5.34. The number of carbonyl (C=O) groups is 1. The Kier molecular flexibility index (Phi) is 5.52. The second kappa shape index (κ2) is 7.38. The number of hydrazine groups is 1. The maximum absolute atomic E-state index is 11.4. The first-order chi connectivity index (χ1) is 9.69. The van der Waals surface area contributed by atoms with Crippen LogP contribution in [0.4, 0.5) is 0 Å². The molecule has 1 aromatic carbocycles. The Labute approximate surface area is 120 Å². The molecule has 5 nitrogen and oxygen atoms in total. The number of carbonyl (C=O) groups excluding carboxylic acids is 1. The largest absolute Gasteiger partial charge is 0.377 e. The van der Waals surface area contributed by atoms with Crippen LogP contribution in [0.3, 0.4) is 0 Å². The van der Waals surface area contributed by atoms with E-state index < -0.39 is 0 Å². The molecule has 1 heterocycles. The van der Waals surface area contributed by atoms with Gasteiger partial charge in [0.05, 0.1) is 12.5 Å². The second-order valence-corrected chi connectivity index (χ2v) is 5.34. The van der Waals surface area contributed by atoms with E-state index in [0.717, 1.165) is 43.7 Å². The molecular formula is C15H23N3O2. The van der Waals surface area contributed by atoms with Crippen LogP contribution in [0.25, 0.3) is 0 Å². The minimum atomic E-state index is -0.167. The first-order valence-electron chi connectivity index (χ1n) is 7.05. The van der Waals surface area contributed by atoms with Gasteiger partial charge in [-0.2, -0.15) is 0 Å². The lowest BCUT2D eigenvalue weighted by Gasteiger charge is -2.21. The molecule has 1 amide bonds. The van der Waals surface area contributed by atoms with E-state index in [9.17, 15) is 4.79 Å². The molecule has 5 heteroatoms. The van der Waals surface area contributed by atoms with E-state index in [1.807, 2.05) is 18.2 Å². The standard InChI is InChI=1S/C15H23N3O2/c1-18(11-14-7-4-8-20-14)10-13-6-3-2-5-12(13)9-15(19)17-16/h2-3,5-6,14H,4,7-11,16H2,1H3,(H,17,19). The molecule has 3 N–H and O–H groups in total. The number of nitrogens with one attached hydrogen (secondary N) is 1. The SMILES string of the molecule is CN(Cc1ccccc1CC(=O)NN)CC1CCCO1. The lowest BCUT2D eigenvalue weighted by Crippen LogP contribution is -2.32. The highest BCUT2D eigenvalue weighted by atomic mass is 16.5. The Hall–Kier alpha value is -1.43. The third-order valence-electron chi connectivity index (χ3n) is 3.61. The number of nitrogens with two attached hydrogens (primary N) is 1. The Morgan fingerprint density at radius 2 is 2.20 bits per heavy atom. The van der Waals surface area contributed by atoms with E-state index in [-0.39, 0.29) is 5.91 Å². The van der Waals surface area contributed by atoms with Crippen LogP contribution in [0.15, 0.2) is 24.3 Å². The van der Waals surface area contributed by atoms with E-state index in [4.69, 9.17) is 10.6 Å². The van der Waals surface area contributed by atoms with Crippen molar-refractivity contribution in [2.75, 3.05) is 20.2 Å². The van der Waals surface area contributed by atoms with Gasteiger partial charge in [-0.05, 0) is 31.0 Å². The summed E-state index contributed by atoms with van der Waals surface area (Å²) in [4.78, 5) is 13.7. The van der Waals surface area contributed by atoms with Crippen molar-refractivity contribution in [1.29, 1.82) is 0 Å². The van der Waals surface area contributed by atoms with Gasteiger partial charge < -0.3 is 4.74 Å². The minimum Gasteiger partial charge on any atom is -0.377 e. The molecule has 2 rings (SSSR count). The van der Waals surface area contributed by atoms with Crippen LogP contribution in [0.1, 0.15) is 24.0 Å². The zero-order chi connectivity index (χ0) is 14.4. The fraction of sp³-hybridized carbons (Fsp3) is 0.533. The smallest absolute Gasteiger partial charge is 0.238 e. The molecule has 110 valence electrons. The summed E-state index contributed by atoms with van der Waals surface area (Å²) in [5.41, 5.74) is 4.37. The molecule has 1 fully saturated rings. The third kappa shape index (κ3) is 4.30. The molecule has 0 spiro atoms. The van der Waals surface area contributed by atoms with Crippen LogP contribution < -0.4 is 11.3 Å². The Bertz CT molecular complexity index is 444. The summed E-state index contributed by atoms with van der Waals surface area (Å²) < 4.78 is 5.65. The summed E-state index contributed by atoms with van der Waals surface area (Å²) in [7, 11) is 2.08. The van der Waals surface area contributed by atoms with Crippen molar-refractivity contribution in [3.63, 3.8) is 0 Å². The molecule has 0 aromatic heterocycles. The summed E-state index contributed by atoms with van der Waals surface area (Å²) >= 11 is 0. The predicted octanol–water partition coefficient (Wildman–Crippen LogP) is 0.830. The van der Waals surface area contributed by atoms with Crippen LogP contribution in [0.2, 0.25) is 0 Å². The van der Waals surface area contributed by atoms with Crippen LogP contribution in [0, 0.1) is 0 Å². The molecule has 1 aromatic rings. The van der Waals surface area contributed by atoms with E-state index in [1.54, 1.807) is 0 Å². The molecule has 0 saturated carbocycles. The van der Waals surface area contributed by atoms with Crippen LogP contribution >= 0.6 is 0 Å². The van der Waals surface area contributed by atoms with Gasteiger partial charge in [0.15, 0.2) is 0 Å². The quantitative estimate of drug-likeness (QED) is 0.459. The summed E-state index contributed by atoms with van der Waals surface area (Å²) in [6.45, 7) is 2.62. The number of hydrogen-bond acceptors (Lipinski definition) is 4. The van der Waals surface area contributed by atoms with Gasteiger partial charge in [0.1, 0.15) is 0 Å². The fourth-order valence-corrected chi connectivity index (χ4v) is 2.60. The fourth-order valence-electron chi connectivity index (χ4n) is 2.60. The number of benzene rings is 1. The highest BCUT2D eigenvalue weighted by Gasteiger charge is 2.18. The van der Waals surface area contributed by atoms with Gasteiger partial charge in [0.2, 0.25) is 5.91 Å². The predicted molar refractivity (Wildman–Crippen MR) is 77.8 cm³/mol. The van der Waals surface area contributed by atoms with Crippen molar-refractivity contribution in [1.82, 2.24) is 10.3 Å². The molecule has 1 aliphatic heterocycles. The number of ether oxygens (including phenoxy) is 1. The summed E-state index contributed by atoms with van der Waals surface area (Å²) in [5.74, 6) is 4.99. The van der Waals surface area contributed by atoms with Crippen LogP contribution in [-0.4, -0.2) is 37.1 Å². The first-order valence-corrected chi connectivity index (χ1v) is 7.05. The van der Waals surface area contributed by atoms with Gasteiger partial charge >= 0.3 is 0 Å². The summed E-state index contributed by atoms with van der Waals surface area (Å²) in [6, 6.07) is 7.98. The lowest BCUT2D eigenvalue weighted by molar-refractivity contribution is -0.120. The summed E-state index contributed by atoms with van der Waals surface area (Å²) in [6.07, 6.45) is 2.97. The number of nitrogens with zero attached hydrogens (tertiary/aromatic N) is 1. The molecule has 0 bridgehead atoms. The molecular weight excluding hydrogens is 254 g/mol. The highest BCUT2D eigenvalue weighted by molar-refractivity contribution is 5.78. The molecule has 1 aliphatic rings. The Morgan fingerprint density at radius 3 is 2.85 bits per heavy atom. The summed E-state index contributed by atoms with van der Waals surface area (Å²) in [5, 5.41) is 0. The van der Waals surface area contributed by atoms with Crippen molar-refractivity contribution in [3.05, 3.63) is 35.4 Å². The van der Waals surface area contributed by atoms with Gasteiger partial charge in [-0.1, -0.05) is 24.3 Å². The van der Waals surface area contributed by atoms with Gasteiger partial charge in [0.25, 0.3) is 0 Å². The number of amides is 1. The normalized spacial score (nSPS) is 18.4. The van der Waals surface area contributed by atoms with Gasteiger partial charge in [0, 0.05) is 19.7 Å². The van der Waals surface area contributed by atoms with Crippen molar-refractivity contribution >= 4 is 5.91 Å². The monoisotopic (exact) mass is 277 g/mol. The zero-order valence-corrected chi connectivity index (χ0v) is 12.0. The maximum Gasteiger partial charge on any atom is 0.238 e. The Balaban J connectivity index is 1.95. The number of rotatable bonds is 6. The average molecular weight is 277 g/mol. The molecule has 1 unspecified atom stereocenters. The lowest BCUT2D eigenvalue weighted by atomic mass is 10.0. The van der Waals surface area contributed by atoms with Gasteiger partial charge in [-0.25, -0.2) is 5.84 Å². The van der Waals surface area contributed by atoms with Crippen LogP contribution in [0.5, 0.6) is 0 Å². The van der Waals surface area contributed by atoms with Gasteiger partial charge in [-0.15, -0.1) is 0 Å². The van der Waals surface area contributed by atoms with E-state index in [1.165, 1.54) is 0 Å². The Morgan fingerprint density at radius 1 is 1.45 bits per heavy atom. The van der Waals surface area contributed by atoms with E-state index in [2.05, 4.69) is 23.4 Å². The maximum atomic E-state index is 11.4. The zero-order valence-electron chi connectivity index (χ0n) is 12.0. The minimum absolute atomic E-state index is 0.167. The molecule has 0 aliphatic carbocycles. The van der Waals surface area contributed by atoms with Crippen LogP contribution in [-0.2, 0) is 22.5 Å². The van der Waals surface area contributed by atoms with E-state index >= 15 is 0 Å². The molecule has 0 radical (unpaired) electrons. The third-order valence-corrected chi connectivity index (χ3v) is 3.61. The van der Waals surface area contributed by atoms with Crippen molar-refractivity contribution in [3.8, 4) is 0 Å². The van der Waals surface area contributed by atoms with Gasteiger partial charge in [-0.3, -0.25) is 15.1 Å². The molecule has 20 heavy (non-hydrogen) atoms. The average Bonchev–Trinajstić information content (AvgIpc) is 2.93. The van der Waals surface area contributed by atoms with Crippen molar-refractivity contribution in [2.24, 2.45) is 5.84 Å². The van der Waals surface area contributed by atoms with Crippen molar-refractivity contribution in [2.45, 2.75) is 31.9 Å². The first kappa shape index (κ1) is 15.0.